The number of thioether (sulfide) groups is 1. The second-order valence-electron chi connectivity index (χ2n) is 3.20. The van der Waals surface area contributed by atoms with E-state index in [1.807, 2.05) is 0 Å². The van der Waals surface area contributed by atoms with Gasteiger partial charge in [-0.2, -0.15) is 0 Å². The number of aliphatic carboxylic acids is 1. The molecule has 0 fully saturated rings. The van der Waals surface area contributed by atoms with Gasteiger partial charge in [-0.25, -0.2) is 4.79 Å². The summed E-state index contributed by atoms with van der Waals surface area (Å²) < 4.78 is 5.06. The van der Waals surface area contributed by atoms with Crippen LogP contribution in [0.25, 0.3) is 0 Å². The first kappa shape index (κ1) is 12.6. The molecule has 0 amide bonds. The third-order valence-electron chi connectivity index (χ3n) is 1.76. The van der Waals surface area contributed by atoms with E-state index in [1.54, 1.807) is 25.1 Å². The molecule has 0 heterocycles. The van der Waals surface area contributed by atoms with Gasteiger partial charge in [-0.15, -0.1) is 0 Å². The molecule has 0 spiro atoms. The molecule has 1 aromatic carbocycles. The van der Waals surface area contributed by atoms with E-state index in [0.29, 0.717) is 5.75 Å². The SMILES string of the molecule is CC(=O)Sc1ccc(OCC(=O)O)c(C)c1. The van der Waals surface area contributed by atoms with E-state index in [0.717, 1.165) is 22.2 Å². The third kappa shape index (κ3) is 3.94. The first-order valence-electron chi connectivity index (χ1n) is 4.62. The van der Waals surface area contributed by atoms with Crippen molar-refractivity contribution in [2.24, 2.45) is 0 Å². The van der Waals surface area contributed by atoms with E-state index in [-0.39, 0.29) is 11.7 Å². The lowest BCUT2D eigenvalue weighted by Crippen LogP contribution is -2.10. The van der Waals surface area contributed by atoms with Crippen LogP contribution in [0.5, 0.6) is 5.75 Å². The molecule has 0 atom stereocenters. The van der Waals surface area contributed by atoms with Crippen LogP contribution >= 0.6 is 11.8 Å². The van der Waals surface area contributed by atoms with Crippen molar-refractivity contribution in [2.45, 2.75) is 18.7 Å². The summed E-state index contributed by atoms with van der Waals surface area (Å²) in [5.41, 5.74) is 0.813. The number of rotatable bonds is 4. The molecular formula is C11H12O4S. The zero-order valence-corrected chi connectivity index (χ0v) is 9.84. The maximum atomic E-state index is 10.9. The lowest BCUT2D eigenvalue weighted by Gasteiger charge is -2.07. The minimum atomic E-state index is -1.01. The van der Waals surface area contributed by atoms with Gasteiger partial charge in [0.15, 0.2) is 11.7 Å². The van der Waals surface area contributed by atoms with Gasteiger partial charge in [-0.05, 0) is 30.7 Å². The fourth-order valence-electron chi connectivity index (χ4n) is 1.15. The van der Waals surface area contributed by atoms with E-state index in [1.165, 1.54) is 6.92 Å². The smallest absolute Gasteiger partial charge is 0.341 e. The first-order chi connectivity index (χ1) is 7.49. The zero-order chi connectivity index (χ0) is 12.1. The Labute approximate surface area is 97.6 Å². The van der Waals surface area contributed by atoms with Crippen molar-refractivity contribution in [3.05, 3.63) is 23.8 Å². The Morgan fingerprint density at radius 1 is 1.44 bits per heavy atom. The standard InChI is InChI=1S/C11H12O4S/c1-7-5-9(16-8(2)12)3-4-10(7)15-6-11(13)14/h3-5H,6H2,1-2H3,(H,13,14). The van der Waals surface area contributed by atoms with Crippen LogP contribution in [0.15, 0.2) is 23.1 Å². The maximum absolute atomic E-state index is 10.9. The molecule has 1 aromatic rings. The number of hydrogen-bond donors (Lipinski definition) is 1. The third-order valence-corrected chi connectivity index (χ3v) is 2.54. The summed E-state index contributed by atoms with van der Waals surface area (Å²) in [5.74, 6) is -0.489. The van der Waals surface area contributed by atoms with E-state index in [2.05, 4.69) is 0 Å². The summed E-state index contributed by atoms with van der Waals surface area (Å²) in [4.78, 5) is 22.0. The van der Waals surface area contributed by atoms with Crippen molar-refractivity contribution in [1.82, 2.24) is 0 Å². The van der Waals surface area contributed by atoms with Crippen LogP contribution in [-0.2, 0) is 9.59 Å². The largest absolute Gasteiger partial charge is 0.482 e. The minimum Gasteiger partial charge on any atom is -0.482 e. The molecule has 0 radical (unpaired) electrons. The molecule has 0 saturated carbocycles. The van der Waals surface area contributed by atoms with Gasteiger partial charge in [0.05, 0.1) is 0 Å². The lowest BCUT2D eigenvalue weighted by molar-refractivity contribution is -0.139. The number of carbonyl (C=O) groups is 2. The van der Waals surface area contributed by atoms with Crippen molar-refractivity contribution >= 4 is 22.8 Å². The molecule has 4 nitrogen and oxygen atoms in total. The molecule has 0 aliphatic heterocycles. The van der Waals surface area contributed by atoms with Gasteiger partial charge in [0.1, 0.15) is 5.75 Å². The number of aryl methyl sites for hydroxylation is 1. The molecule has 0 aliphatic carbocycles. The van der Waals surface area contributed by atoms with E-state index >= 15 is 0 Å². The van der Waals surface area contributed by atoms with Crippen LogP contribution in [0.4, 0.5) is 0 Å². The predicted molar refractivity (Wildman–Crippen MR) is 60.8 cm³/mol. The van der Waals surface area contributed by atoms with Gasteiger partial charge in [-0.3, -0.25) is 4.79 Å². The highest BCUT2D eigenvalue weighted by Crippen LogP contribution is 2.25. The molecule has 0 bridgehead atoms. The van der Waals surface area contributed by atoms with E-state index in [4.69, 9.17) is 9.84 Å². The number of hydrogen-bond acceptors (Lipinski definition) is 4. The number of ether oxygens (including phenoxy) is 1. The van der Waals surface area contributed by atoms with Crippen LogP contribution in [0.2, 0.25) is 0 Å². The highest BCUT2D eigenvalue weighted by atomic mass is 32.2. The molecule has 16 heavy (non-hydrogen) atoms. The fraction of sp³-hybridized carbons (Fsp3) is 0.273. The lowest BCUT2D eigenvalue weighted by atomic mass is 10.2. The Hall–Kier alpha value is -1.49. The van der Waals surface area contributed by atoms with Crippen molar-refractivity contribution in [2.75, 3.05) is 6.61 Å². The van der Waals surface area contributed by atoms with Crippen molar-refractivity contribution in [1.29, 1.82) is 0 Å². The van der Waals surface area contributed by atoms with Crippen LogP contribution in [0, 0.1) is 6.92 Å². The molecule has 1 rings (SSSR count). The normalized spacial score (nSPS) is 9.88. The Morgan fingerprint density at radius 3 is 2.62 bits per heavy atom. The molecule has 0 unspecified atom stereocenters. The predicted octanol–water partition coefficient (Wildman–Crippen LogP) is 2.10. The van der Waals surface area contributed by atoms with Crippen LogP contribution in [-0.4, -0.2) is 22.8 Å². The maximum Gasteiger partial charge on any atom is 0.341 e. The summed E-state index contributed by atoms with van der Waals surface area (Å²) in [6.07, 6.45) is 0. The van der Waals surface area contributed by atoms with Crippen molar-refractivity contribution in [3.63, 3.8) is 0 Å². The Bertz CT molecular complexity index is 414. The van der Waals surface area contributed by atoms with Gasteiger partial charge >= 0.3 is 5.97 Å². The minimum absolute atomic E-state index is 0.0126. The summed E-state index contributed by atoms with van der Waals surface area (Å²) in [5, 5.41) is 8.48. The van der Waals surface area contributed by atoms with Gasteiger partial charge in [0, 0.05) is 11.8 Å². The topological polar surface area (TPSA) is 63.6 Å². The molecule has 0 aromatic heterocycles. The fourth-order valence-corrected chi connectivity index (χ4v) is 1.86. The Morgan fingerprint density at radius 2 is 2.12 bits per heavy atom. The van der Waals surface area contributed by atoms with Crippen LogP contribution in [0.3, 0.4) is 0 Å². The van der Waals surface area contributed by atoms with Gasteiger partial charge < -0.3 is 9.84 Å². The van der Waals surface area contributed by atoms with Crippen molar-refractivity contribution < 1.29 is 19.4 Å². The second-order valence-corrected chi connectivity index (χ2v) is 4.45. The van der Waals surface area contributed by atoms with Crippen LogP contribution < -0.4 is 4.74 Å². The number of carboxylic acids is 1. The molecular weight excluding hydrogens is 228 g/mol. The summed E-state index contributed by atoms with van der Waals surface area (Å²) in [7, 11) is 0. The van der Waals surface area contributed by atoms with E-state index < -0.39 is 5.97 Å². The monoisotopic (exact) mass is 240 g/mol. The molecule has 86 valence electrons. The molecule has 1 N–H and O–H groups in total. The van der Waals surface area contributed by atoms with Crippen molar-refractivity contribution in [3.8, 4) is 5.75 Å². The Kier molecular flexibility index (Phi) is 4.37. The highest BCUT2D eigenvalue weighted by Gasteiger charge is 2.05. The second kappa shape index (κ2) is 5.55. The number of carbonyl (C=O) groups excluding carboxylic acids is 1. The first-order valence-corrected chi connectivity index (χ1v) is 5.44. The average Bonchev–Trinajstić information content (AvgIpc) is 2.15. The summed E-state index contributed by atoms with van der Waals surface area (Å²) in [6, 6.07) is 5.20. The average molecular weight is 240 g/mol. The Balaban J connectivity index is 2.75. The number of benzene rings is 1. The molecule has 5 heteroatoms. The quantitative estimate of drug-likeness (QED) is 0.816. The summed E-state index contributed by atoms with van der Waals surface area (Å²) >= 11 is 1.13. The van der Waals surface area contributed by atoms with E-state index in [9.17, 15) is 9.59 Å². The molecule has 0 saturated heterocycles. The molecule has 0 aliphatic rings. The zero-order valence-electron chi connectivity index (χ0n) is 9.02. The van der Waals surface area contributed by atoms with Gasteiger partial charge in [-0.1, -0.05) is 11.8 Å². The van der Waals surface area contributed by atoms with Crippen LogP contribution in [0.1, 0.15) is 12.5 Å². The summed E-state index contributed by atoms with van der Waals surface area (Å²) in [6.45, 7) is 2.94. The van der Waals surface area contributed by atoms with Gasteiger partial charge in [0.25, 0.3) is 0 Å². The van der Waals surface area contributed by atoms with Gasteiger partial charge in [0.2, 0.25) is 0 Å². The highest BCUT2D eigenvalue weighted by molar-refractivity contribution is 8.13. The number of carboxylic acid groups (broad SMARTS) is 1.